The Morgan fingerprint density at radius 1 is 1.47 bits per heavy atom. The third-order valence-electron chi connectivity index (χ3n) is 2.61. The van der Waals surface area contributed by atoms with Gasteiger partial charge in [0.15, 0.2) is 17.6 Å². The van der Waals surface area contributed by atoms with Crippen molar-refractivity contribution in [3.8, 4) is 17.6 Å². The summed E-state index contributed by atoms with van der Waals surface area (Å²) in [6.07, 6.45) is 0.663. The van der Waals surface area contributed by atoms with E-state index >= 15 is 0 Å². The number of hydrogen-bond acceptors (Lipinski definition) is 4. The molecule has 1 aliphatic heterocycles. The molecule has 0 atom stereocenters. The molecule has 2 rings (SSSR count). The van der Waals surface area contributed by atoms with Crippen molar-refractivity contribution >= 4 is 5.91 Å². The summed E-state index contributed by atoms with van der Waals surface area (Å²) >= 11 is 0. The Bertz CT molecular complexity index is 491. The zero-order valence-electron chi connectivity index (χ0n) is 9.45. The number of fused-ring (bicyclic) bond motifs is 1. The second-order valence-electron chi connectivity index (χ2n) is 3.75. The van der Waals surface area contributed by atoms with Crippen LogP contribution in [0.2, 0.25) is 0 Å². The maximum absolute atomic E-state index is 10.8. The first-order valence-corrected chi connectivity index (χ1v) is 5.28. The minimum absolute atomic E-state index is 0.253. The molecule has 5 heteroatoms. The second kappa shape index (κ2) is 4.74. The molecule has 0 saturated carbocycles. The third-order valence-corrected chi connectivity index (χ3v) is 2.61. The highest BCUT2D eigenvalue weighted by molar-refractivity contribution is 5.91. The number of benzene rings is 1. The standard InChI is InChI=1S/C12H12N2O3/c1-8-4-10-11(17-7-16-10)5-9(8)2-3-14-12(15)6-13/h4-5H,2-3,7H2,1H3,(H,14,15). The number of carbonyl (C=O) groups excluding carboxylic acids is 1. The number of rotatable bonds is 3. The second-order valence-corrected chi connectivity index (χ2v) is 3.75. The van der Waals surface area contributed by atoms with E-state index in [1.54, 1.807) is 0 Å². The maximum Gasteiger partial charge on any atom is 0.322 e. The number of ether oxygens (including phenoxy) is 2. The molecule has 0 bridgehead atoms. The smallest absolute Gasteiger partial charge is 0.322 e. The van der Waals surface area contributed by atoms with Crippen LogP contribution in [0, 0.1) is 18.3 Å². The molecule has 0 unspecified atom stereocenters. The molecule has 17 heavy (non-hydrogen) atoms. The summed E-state index contributed by atoms with van der Waals surface area (Å²) in [6, 6.07) is 5.35. The van der Waals surface area contributed by atoms with E-state index in [9.17, 15) is 4.79 Å². The zero-order chi connectivity index (χ0) is 12.3. The van der Waals surface area contributed by atoms with Gasteiger partial charge < -0.3 is 14.8 Å². The summed E-state index contributed by atoms with van der Waals surface area (Å²) in [5.74, 6) is 0.882. The van der Waals surface area contributed by atoms with Gasteiger partial charge in [-0.2, -0.15) is 5.26 Å². The van der Waals surface area contributed by atoms with Crippen molar-refractivity contribution in [2.24, 2.45) is 0 Å². The molecule has 88 valence electrons. The van der Waals surface area contributed by atoms with Crippen molar-refractivity contribution in [3.05, 3.63) is 23.3 Å². The molecular weight excluding hydrogens is 220 g/mol. The number of amides is 1. The predicted octanol–water partition coefficient (Wildman–Crippen LogP) is 0.906. The molecule has 1 aliphatic rings. The van der Waals surface area contributed by atoms with Crippen molar-refractivity contribution in [2.75, 3.05) is 13.3 Å². The number of nitrogens with one attached hydrogen (secondary N) is 1. The average Bonchev–Trinajstić information content (AvgIpc) is 2.76. The first-order valence-electron chi connectivity index (χ1n) is 5.28. The Balaban J connectivity index is 2.02. The summed E-state index contributed by atoms with van der Waals surface area (Å²) in [7, 11) is 0. The number of hydrogen-bond donors (Lipinski definition) is 1. The van der Waals surface area contributed by atoms with E-state index in [-0.39, 0.29) is 6.79 Å². The predicted molar refractivity (Wildman–Crippen MR) is 59.6 cm³/mol. The topological polar surface area (TPSA) is 71.4 Å². The van der Waals surface area contributed by atoms with Gasteiger partial charge in [0.25, 0.3) is 0 Å². The lowest BCUT2D eigenvalue weighted by Gasteiger charge is -2.07. The fourth-order valence-electron chi connectivity index (χ4n) is 1.71. The summed E-state index contributed by atoms with van der Waals surface area (Å²) in [5, 5.41) is 10.8. The van der Waals surface area contributed by atoms with Gasteiger partial charge >= 0.3 is 5.91 Å². The fourth-order valence-corrected chi connectivity index (χ4v) is 1.71. The van der Waals surface area contributed by atoms with Crippen LogP contribution in [0.1, 0.15) is 11.1 Å². The van der Waals surface area contributed by atoms with Crippen LogP contribution >= 0.6 is 0 Å². The van der Waals surface area contributed by atoms with Crippen LogP contribution in [0.4, 0.5) is 0 Å². The Hall–Kier alpha value is -2.22. The molecule has 1 N–H and O–H groups in total. The first kappa shape index (κ1) is 11.3. The van der Waals surface area contributed by atoms with Crippen molar-refractivity contribution in [3.63, 3.8) is 0 Å². The number of aryl methyl sites for hydroxylation is 1. The summed E-state index contributed by atoms with van der Waals surface area (Å²) in [5.41, 5.74) is 2.16. The van der Waals surface area contributed by atoms with E-state index < -0.39 is 5.91 Å². The van der Waals surface area contributed by atoms with E-state index in [1.807, 2.05) is 19.1 Å². The van der Waals surface area contributed by atoms with E-state index in [0.29, 0.717) is 13.0 Å². The van der Waals surface area contributed by atoms with Crippen molar-refractivity contribution in [1.82, 2.24) is 5.32 Å². The van der Waals surface area contributed by atoms with Gasteiger partial charge in [-0.15, -0.1) is 0 Å². The van der Waals surface area contributed by atoms with E-state index in [0.717, 1.165) is 22.6 Å². The number of carbonyl (C=O) groups is 1. The van der Waals surface area contributed by atoms with E-state index in [4.69, 9.17) is 14.7 Å². The monoisotopic (exact) mass is 232 g/mol. The normalized spacial score (nSPS) is 12.0. The highest BCUT2D eigenvalue weighted by Gasteiger charge is 2.15. The molecule has 1 aromatic rings. The van der Waals surface area contributed by atoms with Gasteiger partial charge in [-0.1, -0.05) is 0 Å². The molecule has 0 fully saturated rings. The average molecular weight is 232 g/mol. The van der Waals surface area contributed by atoms with Crippen molar-refractivity contribution < 1.29 is 14.3 Å². The van der Waals surface area contributed by atoms with Crippen molar-refractivity contribution in [1.29, 1.82) is 5.26 Å². The van der Waals surface area contributed by atoms with Gasteiger partial charge in [-0.25, -0.2) is 0 Å². The van der Waals surface area contributed by atoms with Crippen molar-refractivity contribution in [2.45, 2.75) is 13.3 Å². The van der Waals surface area contributed by atoms with Gasteiger partial charge in [0.2, 0.25) is 6.79 Å². The molecule has 0 saturated heterocycles. The van der Waals surface area contributed by atoms with Crippen LogP contribution in [-0.4, -0.2) is 19.2 Å². The molecule has 0 radical (unpaired) electrons. The van der Waals surface area contributed by atoms with Crippen LogP contribution in [-0.2, 0) is 11.2 Å². The summed E-state index contributed by atoms with van der Waals surface area (Å²) in [6.45, 7) is 2.67. The Kier molecular flexibility index (Phi) is 3.15. The van der Waals surface area contributed by atoms with Gasteiger partial charge in [0.05, 0.1) is 0 Å². The molecule has 0 spiro atoms. The zero-order valence-corrected chi connectivity index (χ0v) is 9.45. The molecule has 1 amide bonds. The lowest BCUT2D eigenvalue weighted by molar-refractivity contribution is -0.115. The van der Waals surface area contributed by atoms with Crippen LogP contribution < -0.4 is 14.8 Å². The highest BCUT2D eigenvalue weighted by Crippen LogP contribution is 2.34. The maximum atomic E-state index is 10.8. The van der Waals surface area contributed by atoms with Gasteiger partial charge in [-0.3, -0.25) is 4.79 Å². The van der Waals surface area contributed by atoms with Crippen LogP contribution in [0.15, 0.2) is 12.1 Å². The number of nitriles is 1. The first-order chi connectivity index (χ1) is 8.20. The van der Waals surface area contributed by atoms with Crippen LogP contribution in [0.25, 0.3) is 0 Å². The Morgan fingerprint density at radius 3 is 2.88 bits per heavy atom. The molecule has 0 aliphatic carbocycles. The molecule has 1 aromatic carbocycles. The largest absolute Gasteiger partial charge is 0.454 e. The van der Waals surface area contributed by atoms with Crippen LogP contribution in [0.5, 0.6) is 11.5 Å². The highest BCUT2D eigenvalue weighted by atomic mass is 16.7. The molecular formula is C12H12N2O3. The molecule has 0 aromatic heterocycles. The van der Waals surface area contributed by atoms with E-state index in [2.05, 4.69) is 5.32 Å². The van der Waals surface area contributed by atoms with Crippen LogP contribution in [0.3, 0.4) is 0 Å². The molecule has 1 heterocycles. The Labute approximate surface area is 98.9 Å². The quantitative estimate of drug-likeness (QED) is 0.786. The molecule has 5 nitrogen and oxygen atoms in total. The van der Waals surface area contributed by atoms with E-state index in [1.165, 1.54) is 6.07 Å². The lowest BCUT2D eigenvalue weighted by Crippen LogP contribution is -2.23. The number of nitrogens with zero attached hydrogens (tertiary/aromatic N) is 1. The minimum atomic E-state index is -0.608. The SMILES string of the molecule is Cc1cc2c(cc1CCNC(=O)C#N)OCO2. The Morgan fingerprint density at radius 2 is 2.18 bits per heavy atom. The van der Waals surface area contributed by atoms with Gasteiger partial charge in [0, 0.05) is 6.54 Å². The minimum Gasteiger partial charge on any atom is -0.454 e. The third kappa shape index (κ3) is 2.48. The fraction of sp³-hybridized carbons (Fsp3) is 0.333. The van der Waals surface area contributed by atoms with Gasteiger partial charge in [0.1, 0.15) is 0 Å². The summed E-state index contributed by atoms with van der Waals surface area (Å²) < 4.78 is 10.5. The summed E-state index contributed by atoms with van der Waals surface area (Å²) in [4.78, 5) is 10.8. The lowest BCUT2D eigenvalue weighted by atomic mass is 10.0. The van der Waals surface area contributed by atoms with Gasteiger partial charge in [-0.05, 0) is 36.6 Å².